The van der Waals surface area contributed by atoms with Crippen molar-refractivity contribution in [3.63, 3.8) is 0 Å². The average molecular weight is 214 g/mol. The van der Waals surface area contributed by atoms with Gasteiger partial charge < -0.3 is 15.4 Å². The Labute approximate surface area is 91.8 Å². The van der Waals surface area contributed by atoms with Gasteiger partial charge in [0, 0.05) is 20.1 Å². The monoisotopic (exact) mass is 214 g/mol. The minimum atomic E-state index is -0.416. The summed E-state index contributed by atoms with van der Waals surface area (Å²) in [6.07, 6.45) is 3.41. The predicted molar refractivity (Wildman–Crippen MR) is 59.5 cm³/mol. The molecule has 4 heteroatoms. The van der Waals surface area contributed by atoms with Crippen LogP contribution < -0.4 is 5.73 Å². The maximum atomic E-state index is 12.0. The SMILES string of the molecule is CCCCCN(C)C(=O)C1(CN)COC1. The summed E-state index contributed by atoms with van der Waals surface area (Å²) in [6.45, 7) is 4.35. The number of nitrogens with two attached hydrogens (primary N) is 1. The van der Waals surface area contributed by atoms with Gasteiger partial charge in [-0.25, -0.2) is 0 Å². The van der Waals surface area contributed by atoms with Gasteiger partial charge in [-0.3, -0.25) is 4.79 Å². The number of unbranched alkanes of at least 4 members (excludes halogenated alkanes) is 2. The number of carbonyl (C=O) groups excluding carboxylic acids is 1. The fraction of sp³-hybridized carbons (Fsp3) is 0.909. The third kappa shape index (κ3) is 2.69. The van der Waals surface area contributed by atoms with Crippen molar-refractivity contribution in [1.29, 1.82) is 0 Å². The molecule has 0 aromatic carbocycles. The minimum absolute atomic E-state index is 0.146. The molecule has 1 rings (SSSR count). The first-order valence-electron chi connectivity index (χ1n) is 5.69. The van der Waals surface area contributed by atoms with Gasteiger partial charge in [-0.05, 0) is 6.42 Å². The summed E-state index contributed by atoms with van der Waals surface area (Å²) in [4.78, 5) is 13.8. The van der Waals surface area contributed by atoms with Crippen molar-refractivity contribution in [2.45, 2.75) is 26.2 Å². The van der Waals surface area contributed by atoms with Crippen LogP contribution in [0.2, 0.25) is 0 Å². The molecule has 1 fully saturated rings. The van der Waals surface area contributed by atoms with E-state index in [9.17, 15) is 4.79 Å². The second-order valence-corrected chi connectivity index (χ2v) is 4.41. The highest BCUT2D eigenvalue weighted by Gasteiger charge is 2.45. The lowest BCUT2D eigenvalue weighted by molar-refractivity contribution is -0.169. The lowest BCUT2D eigenvalue weighted by Crippen LogP contribution is -2.58. The number of nitrogens with zero attached hydrogens (tertiary/aromatic N) is 1. The van der Waals surface area contributed by atoms with E-state index in [1.807, 2.05) is 7.05 Å². The first-order valence-corrected chi connectivity index (χ1v) is 5.69. The highest BCUT2D eigenvalue weighted by Crippen LogP contribution is 2.28. The molecule has 88 valence electrons. The Hall–Kier alpha value is -0.610. The van der Waals surface area contributed by atoms with E-state index >= 15 is 0 Å². The van der Waals surface area contributed by atoms with Gasteiger partial charge in [-0.2, -0.15) is 0 Å². The molecule has 0 atom stereocenters. The molecule has 1 aliphatic rings. The van der Waals surface area contributed by atoms with E-state index in [0.29, 0.717) is 19.8 Å². The maximum absolute atomic E-state index is 12.0. The van der Waals surface area contributed by atoms with Gasteiger partial charge in [0.25, 0.3) is 0 Å². The molecule has 4 nitrogen and oxygen atoms in total. The normalized spacial score (nSPS) is 18.3. The Bertz CT molecular complexity index is 209. The number of rotatable bonds is 6. The Morgan fingerprint density at radius 2 is 2.13 bits per heavy atom. The summed E-state index contributed by atoms with van der Waals surface area (Å²) >= 11 is 0. The van der Waals surface area contributed by atoms with Gasteiger partial charge in [0.05, 0.1) is 13.2 Å². The van der Waals surface area contributed by atoms with Gasteiger partial charge in [0.2, 0.25) is 5.91 Å². The Balaban J connectivity index is 2.37. The van der Waals surface area contributed by atoms with Crippen LogP contribution in [0, 0.1) is 5.41 Å². The topological polar surface area (TPSA) is 55.6 Å². The fourth-order valence-corrected chi connectivity index (χ4v) is 1.78. The summed E-state index contributed by atoms with van der Waals surface area (Å²) in [5.74, 6) is 0.146. The third-order valence-corrected chi connectivity index (χ3v) is 3.04. The average Bonchev–Trinajstić information content (AvgIpc) is 2.17. The quantitative estimate of drug-likeness (QED) is 0.659. The van der Waals surface area contributed by atoms with Crippen molar-refractivity contribution in [3.8, 4) is 0 Å². The van der Waals surface area contributed by atoms with Crippen LogP contribution in [0.4, 0.5) is 0 Å². The molecule has 0 spiro atoms. The lowest BCUT2D eigenvalue weighted by Gasteiger charge is -2.41. The molecule has 0 bridgehead atoms. The van der Waals surface area contributed by atoms with Gasteiger partial charge in [-0.15, -0.1) is 0 Å². The molecule has 1 saturated heterocycles. The number of hydrogen-bond donors (Lipinski definition) is 1. The first kappa shape index (κ1) is 12.5. The highest BCUT2D eigenvalue weighted by molar-refractivity contribution is 5.83. The molecule has 0 aromatic rings. The molecule has 0 radical (unpaired) electrons. The van der Waals surface area contributed by atoms with Crippen LogP contribution in [0.1, 0.15) is 26.2 Å². The van der Waals surface area contributed by atoms with Gasteiger partial charge in [-0.1, -0.05) is 19.8 Å². The Morgan fingerprint density at radius 3 is 2.53 bits per heavy atom. The van der Waals surface area contributed by atoms with E-state index < -0.39 is 5.41 Å². The lowest BCUT2D eigenvalue weighted by atomic mass is 9.84. The van der Waals surface area contributed by atoms with Crippen molar-refractivity contribution < 1.29 is 9.53 Å². The van der Waals surface area contributed by atoms with Crippen molar-refractivity contribution in [2.75, 3.05) is 33.4 Å². The second kappa shape index (κ2) is 5.47. The number of ether oxygens (including phenoxy) is 1. The minimum Gasteiger partial charge on any atom is -0.379 e. The standard InChI is InChI=1S/C11H22N2O2/c1-3-4-5-6-13(2)10(14)11(7-12)8-15-9-11/h3-9,12H2,1-2H3. The maximum Gasteiger partial charge on any atom is 0.234 e. The molecule has 0 saturated carbocycles. The van der Waals surface area contributed by atoms with Gasteiger partial charge in [0.1, 0.15) is 5.41 Å². The molecule has 1 amide bonds. The largest absolute Gasteiger partial charge is 0.379 e. The van der Waals surface area contributed by atoms with Crippen LogP contribution >= 0.6 is 0 Å². The van der Waals surface area contributed by atoms with Crippen LogP contribution in [0.25, 0.3) is 0 Å². The molecular formula is C11H22N2O2. The number of hydrogen-bond acceptors (Lipinski definition) is 3. The van der Waals surface area contributed by atoms with E-state index in [1.54, 1.807) is 4.90 Å². The molecule has 15 heavy (non-hydrogen) atoms. The number of carbonyl (C=O) groups is 1. The second-order valence-electron chi connectivity index (χ2n) is 4.41. The molecule has 0 aliphatic carbocycles. The Morgan fingerprint density at radius 1 is 1.47 bits per heavy atom. The zero-order chi connectivity index (χ0) is 11.3. The molecule has 0 unspecified atom stereocenters. The summed E-state index contributed by atoms with van der Waals surface area (Å²) < 4.78 is 5.10. The van der Waals surface area contributed by atoms with Crippen molar-refractivity contribution in [2.24, 2.45) is 11.1 Å². The number of amides is 1. The smallest absolute Gasteiger partial charge is 0.234 e. The summed E-state index contributed by atoms with van der Waals surface area (Å²) in [6, 6.07) is 0. The highest BCUT2D eigenvalue weighted by atomic mass is 16.5. The van der Waals surface area contributed by atoms with E-state index in [4.69, 9.17) is 10.5 Å². The summed E-state index contributed by atoms with van der Waals surface area (Å²) in [5.41, 5.74) is 5.22. The fourth-order valence-electron chi connectivity index (χ4n) is 1.78. The van der Waals surface area contributed by atoms with E-state index in [2.05, 4.69) is 6.92 Å². The molecule has 0 aromatic heterocycles. The predicted octanol–water partition coefficient (Wildman–Crippen LogP) is 0.610. The summed E-state index contributed by atoms with van der Waals surface area (Å²) in [5, 5.41) is 0. The first-order chi connectivity index (χ1) is 7.16. The molecule has 1 aliphatic heterocycles. The zero-order valence-corrected chi connectivity index (χ0v) is 9.79. The third-order valence-electron chi connectivity index (χ3n) is 3.04. The van der Waals surface area contributed by atoms with Crippen LogP contribution in [-0.2, 0) is 9.53 Å². The molecule has 1 heterocycles. The van der Waals surface area contributed by atoms with E-state index in [-0.39, 0.29) is 5.91 Å². The van der Waals surface area contributed by atoms with Crippen molar-refractivity contribution in [1.82, 2.24) is 4.90 Å². The van der Waals surface area contributed by atoms with E-state index in [1.165, 1.54) is 12.8 Å². The summed E-state index contributed by atoms with van der Waals surface area (Å²) in [7, 11) is 1.85. The van der Waals surface area contributed by atoms with Crippen LogP contribution in [0.5, 0.6) is 0 Å². The molecular weight excluding hydrogens is 192 g/mol. The van der Waals surface area contributed by atoms with Crippen LogP contribution in [0.3, 0.4) is 0 Å². The zero-order valence-electron chi connectivity index (χ0n) is 9.79. The van der Waals surface area contributed by atoms with Gasteiger partial charge in [0.15, 0.2) is 0 Å². The van der Waals surface area contributed by atoms with Crippen LogP contribution in [0.15, 0.2) is 0 Å². The van der Waals surface area contributed by atoms with E-state index in [0.717, 1.165) is 13.0 Å². The molecule has 2 N–H and O–H groups in total. The van der Waals surface area contributed by atoms with Crippen LogP contribution in [-0.4, -0.2) is 44.2 Å². The van der Waals surface area contributed by atoms with Gasteiger partial charge >= 0.3 is 0 Å². The van der Waals surface area contributed by atoms with Crippen molar-refractivity contribution >= 4 is 5.91 Å². The van der Waals surface area contributed by atoms with Crippen molar-refractivity contribution in [3.05, 3.63) is 0 Å². The Kier molecular flexibility index (Phi) is 4.54.